The van der Waals surface area contributed by atoms with Gasteiger partial charge >= 0.3 is 5.97 Å². The number of carboxylic acids is 1. The Labute approximate surface area is 92.5 Å². The maximum absolute atomic E-state index is 10.8. The highest BCUT2D eigenvalue weighted by molar-refractivity contribution is 5.74. The Morgan fingerprint density at radius 1 is 1.20 bits per heavy atom. The van der Waals surface area contributed by atoms with Crippen molar-refractivity contribution >= 4 is 5.97 Å². The molecule has 2 N–H and O–H groups in total. The third-order valence-electron chi connectivity index (χ3n) is 2.97. The van der Waals surface area contributed by atoms with Crippen molar-refractivity contribution in [3.8, 4) is 0 Å². The fraction of sp³-hybridized carbons (Fsp3) is 0.917. The van der Waals surface area contributed by atoms with E-state index in [1.807, 2.05) is 0 Å². The fourth-order valence-electron chi connectivity index (χ4n) is 1.44. The summed E-state index contributed by atoms with van der Waals surface area (Å²) >= 11 is 0. The minimum Gasteiger partial charge on any atom is -0.481 e. The lowest BCUT2D eigenvalue weighted by atomic mass is 9.84. The number of rotatable bonds is 8. The van der Waals surface area contributed by atoms with Crippen LogP contribution in [-0.4, -0.2) is 22.3 Å². The summed E-state index contributed by atoms with van der Waals surface area (Å²) in [5.41, 5.74) is -1.02. The Morgan fingerprint density at radius 3 is 2.20 bits per heavy atom. The Hall–Kier alpha value is -0.570. The van der Waals surface area contributed by atoms with E-state index in [9.17, 15) is 9.90 Å². The van der Waals surface area contributed by atoms with Crippen molar-refractivity contribution in [2.75, 3.05) is 0 Å². The zero-order valence-corrected chi connectivity index (χ0v) is 10.1. The van der Waals surface area contributed by atoms with Crippen LogP contribution < -0.4 is 0 Å². The van der Waals surface area contributed by atoms with Crippen molar-refractivity contribution < 1.29 is 15.0 Å². The molecular formula is C12H24O3. The molecule has 0 bridgehead atoms. The molecule has 1 unspecified atom stereocenters. The monoisotopic (exact) mass is 216 g/mol. The molecule has 0 spiro atoms. The summed E-state index contributed by atoms with van der Waals surface area (Å²) in [7, 11) is 0. The Bertz CT molecular complexity index is 187. The molecule has 90 valence electrons. The van der Waals surface area contributed by atoms with Crippen LogP contribution in [0.25, 0.3) is 0 Å². The van der Waals surface area contributed by atoms with Gasteiger partial charge in [-0.2, -0.15) is 0 Å². The number of unbranched alkanes of at least 4 members (excludes halogenated alkanes) is 4. The summed E-state index contributed by atoms with van der Waals surface area (Å²) in [5, 5.41) is 18.6. The van der Waals surface area contributed by atoms with Gasteiger partial charge in [0, 0.05) is 0 Å². The van der Waals surface area contributed by atoms with Crippen LogP contribution in [-0.2, 0) is 4.79 Å². The first kappa shape index (κ1) is 14.4. The number of aliphatic hydroxyl groups excluding tert-OH is 1. The third kappa shape index (κ3) is 5.17. The predicted octanol–water partition coefficient (Wildman–Crippen LogP) is 2.82. The molecule has 0 aliphatic carbocycles. The third-order valence-corrected chi connectivity index (χ3v) is 2.97. The second-order valence-corrected chi connectivity index (χ2v) is 4.75. The van der Waals surface area contributed by atoms with E-state index in [-0.39, 0.29) is 0 Å². The van der Waals surface area contributed by atoms with Crippen molar-refractivity contribution in [1.29, 1.82) is 0 Å². The summed E-state index contributed by atoms with van der Waals surface area (Å²) in [6, 6.07) is 0. The summed E-state index contributed by atoms with van der Waals surface area (Å²) < 4.78 is 0. The van der Waals surface area contributed by atoms with Crippen LogP contribution in [0.2, 0.25) is 0 Å². The standard InChI is InChI=1S/C12H24O3/c1-4-5-6-7-8-9-10(13)12(2,3)11(14)15/h10,13H,4-9H2,1-3H3,(H,14,15). The van der Waals surface area contributed by atoms with Crippen molar-refractivity contribution in [1.82, 2.24) is 0 Å². The van der Waals surface area contributed by atoms with Gasteiger partial charge in [0.15, 0.2) is 0 Å². The van der Waals surface area contributed by atoms with Crippen LogP contribution in [0.4, 0.5) is 0 Å². The van der Waals surface area contributed by atoms with E-state index >= 15 is 0 Å². The van der Waals surface area contributed by atoms with Gasteiger partial charge in [-0.1, -0.05) is 39.0 Å². The second-order valence-electron chi connectivity index (χ2n) is 4.75. The highest BCUT2D eigenvalue weighted by atomic mass is 16.4. The van der Waals surface area contributed by atoms with Gasteiger partial charge in [-0.3, -0.25) is 4.79 Å². The van der Waals surface area contributed by atoms with Gasteiger partial charge in [-0.15, -0.1) is 0 Å². The molecule has 0 fully saturated rings. The van der Waals surface area contributed by atoms with E-state index in [1.165, 1.54) is 19.3 Å². The zero-order valence-electron chi connectivity index (χ0n) is 10.1. The SMILES string of the molecule is CCCCCCCC(O)C(C)(C)C(=O)O. The summed E-state index contributed by atoms with van der Waals surface area (Å²) in [6.45, 7) is 5.31. The van der Waals surface area contributed by atoms with E-state index in [0.717, 1.165) is 12.8 Å². The molecule has 0 heterocycles. The molecule has 3 heteroatoms. The minimum atomic E-state index is -1.02. The molecule has 0 rings (SSSR count). The number of aliphatic carboxylic acids is 1. The van der Waals surface area contributed by atoms with Gasteiger partial charge in [-0.25, -0.2) is 0 Å². The second kappa shape index (κ2) is 6.83. The first-order valence-electron chi connectivity index (χ1n) is 5.84. The van der Waals surface area contributed by atoms with Gasteiger partial charge < -0.3 is 10.2 Å². The summed E-state index contributed by atoms with van der Waals surface area (Å²) in [4.78, 5) is 10.8. The molecule has 0 aromatic carbocycles. The van der Waals surface area contributed by atoms with Crippen LogP contribution in [0.15, 0.2) is 0 Å². The van der Waals surface area contributed by atoms with E-state index in [4.69, 9.17) is 5.11 Å². The van der Waals surface area contributed by atoms with E-state index in [0.29, 0.717) is 6.42 Å². The first-order valence-corrected chi connectivity index (χ1v) is 5.84. The van der Waals surface area contributed by atoms with Gasteiger partial charge in [0.05, 0.1) is 11.5 Å². The molecule has 0 aromatic rings. The Kier molecular flexibility index (Phi) is 6.57. The Morgan fingerprint density at radius 2 is 1.73 bits per heavy atom. The molecule has 0 aliphatic rings. The van der Waals surface area contributed by atoms with E-state index in [1.54, 1.807) is 13.8 Å². The van der Waals surface area contributed by atoms with Crippen LogP contribution in [0, 0.1) is 5.41 Å². The maximum atomic E-state index is 10.8. The molecule has 0 aliphatic heterocycles. The van der Waals surface area contributed by atoms with E-state index in [2.05, 4.69) is 6.92 Å². The zero-order chi connectivity index (χ0) is 11.9. The molecule has 0 saturated carbocycles. The van der Waals surface area contributed by atoms with Crippen molar-refractivity contribution in [3.63, 3.8) is 0 Å². The van der Waals surface area contributed by atoms with Gasteiger partial charge in [-0.05, 0) is 20.3 Å². The largest absolute Gasteiger partial charge is 0.481 e. The van der Waals surface area contributed by atoms with Crippen molar-refractivity contribution in [2.24, 2.45) is 5.41 Å². The minimum absolute atomic E-state index is 0.586. The van der Waals surface area contributed by atoms with Gasteiger partial charge in [0.2, 0.25) is 0 Å². The van der Waals surface area contributed by atoms with Crippen molar-refractivity contribution in [3.05, 3.63) is 0 Å². The van der Waals surface area contributed by atoms with Crippen LogP contribution >= 0.6 is 0 Å². The molecule has 15 heavy (non-hydrogen) atoms. The Balaban J connectivity index is 3.73. The van der Waals surface area contributed by atoms with Crippen molar-refractivity contribution in [2.45, 2.75) is 65.4 Å². The first-order chi connectivity index (χ1) is 6.92. The normalized spacial score (nSPS) is 13.9. The van der Waals surface area contributed by atoms with Crippen LogP contribution in [0.1, 0.15) is 59.3 Å². The molecule has 3 nitrogen and oxygen atoms in total. The van der Waals surface area contributed by atoms with E-state index < -0.39 is 17.5 Å². The van der Waals surface area contributed by atoms with Crippen LogP contribution in [0.3, 0.4) is 0 Å². The molecule has 1 atom stereocenters. The average Bonchev–Trinajstić information content (AvgIpc) is 2.16. The molecule has 0 amide bonds. The van der Waals surface area contributed by atoms with Gasteiger partial charge in [0.25, 0.3) is 0 Å². The van der Waals surface area contributed by atoms with Gasteiger partial charge in [0.1, 0.15) is 0 Å². The fourth-order valence-corrected chi connectivity index (χ4v) is 1.44. The molecule has 0 saturated heterocycles. The summed E-state index contributed by atoms with van der Waals surface area (Å²) in [6.07, 6.45) is 5.44. The molecule has 0 radical (unpaired) electrons. The molecule has 0 aromatic heterocycles. The lowest BCUT2D eigenvalue weighted by molar-refractivity contribution is -0.153. The average molecular weight is 216 g/mol. The number of hydrogen-bond acceptors (Lipinski definition) is 2. The quantitative estimate of drug-likeness (QED) is 0.613. The number of carboxylic acid groups (broad SMARTS) is 1. The number of carbonyl (C=O) groups is 1. The van der Waals surface area contributed by atoms with Crippen LogP contribution in [0.5, 0.6) is 0 Å². The molecular weight excluding hydrogens is 192 g/mol. The topological polar surface area (TPSA) is 57.5 Å². The smallest absolute Gasteiger partial charge is 0.311 e. The lowest BCUT2D eigenvalue weighted by Gasteiger charge is -2.25. The highest BCUT2D eigenvalue weighted by Gasteiger charge is 2.34. The summed E-state index contributed by atoms with van der Waals surface area (Å²) in [5.74, 6) is -0.927. The highest BCUT2D eigenvalue weighted by Crippen LogP contribution is 2.25. The number of hydrogen-bond donors (Lipinski definition) is 2. The predicted molar refractivity (Wildman–Crippen MR) is 60.8 cm³/mol. The lowest BCUT2D eigenvalue weighted by Crippen LogP contribution is -2.36. The number of aliphatic hydroxyl groups is 1. The maximum Gasteiger partial charge on any atom is 0.311 e.